The summed E-state index contributed by atoms with van der Waals surface area (Å²) in [6.45, 7) is 6.53. The fourth-order valence-electron chi connectivity index (χ4n) is 2.46. The van der Waals surface area contributed by atoms with E-state index in [0.717, 1.165) is 5.56 Å². The third kappa shape index (κ3) is 6.03. The lowest BCUT2D eigenvalue weighted by atomic mass is 10.1. The fourth-order valence-corrected chi connectivity index (χ4v) is 2.46. The number of rotatable bonds is 6. The first-order valence-corrected chi connectivity index (χ1v) is 8.96. The fraction of sp³-hybridized carbons (Fsp3) is 0.333. The Morgan fingerprint density at radius 1 is 1.10 bits per heavy atom. The van der Waals surface area contributed by atoms with E-state index >= 15 is 0 Å². The van der Waals surface area contributed by atoms with Crippen LogP contribution in [0.25, 0.3) is 0 Å². The molecule has 0 spiro atoms. The highest BCUT2D eigenvalue weighted by molar-refractivity contribution is 5.90. The van der Waals surface area contributed by atoms with E-state index in [1.165, 1.54) is 24.2 Å². The summed E-state index contributed by atoms with van der Waals surface area (Å²) in [6, 6.07) is 9.19. The third-order valence-corrected chi connectivity index (χ3v) is 4.16. The molecule has 0 unspecified atom stereocenters. The summed E-state index contributed by atoms with van der Waals surface area (Å²) in [7, 11) is 0. The van der Waals surface area contributed by atoms with Gasteiger partial charge in [0.1, 0.15) is 13.2 Å². The van der Waals surface area contributed by atoms with Gasteiger partial charge in [0.2, 0.25) is 0 Å². The van der Waals surface area contributed by atoms with Gasteiger partial charge in [-0.25, -0.2) is 9.59 Å². The molecule has 0 aliphatic heterocycles. The molecule has 0 saturated carbocycles. The molecule has 1 aromatic carbocycles. The first kappa shape index (κ1) is 21.9. The molecule has 1 amide bonds. The zero-order valence-electron chi connectivity index (χ0n) is 16.8. The number of aromatic nitrogens is 1. The maximum atomic E-state index is 12.7. The minimum absolute atomic E-state index is 0.0156. The maximum absolute atomic E-state index is 12.7. The van der Waals surface area contributed by atoms with Crippen molar-refractivity contribution in [2.24, 2.45) is 0 Å². The summed E-state index contributed by atoms with van der Waals surface area (Å²) in [5, 5.41) is 9.18. The molecule has 0 radical (unpaired) electrons. The van der Waals surface area contributed by atoms with Gasteiger partial charge in [-0.05, 0) is 33.3 Å². The van der Waals surface area contributed by atoms with Crippen molar-refractivity contribution < 1.29 is 29.0 Å². The lowest BCUT2D eigenvalue weighted by Crippen LogP contribution is -2.49. The number of benzene rings is 1. The van der Waals surface area contributed by atoms with E-state index in [1.807, 2.05) is 30.3 Å². The van der Waals surface area contributed by atoms with Crippen molar-refractivity contribution in [3.05, 3.63) is 59.4 Å². The lowest BCUT2D eigenvalue weighted by Gasteiger charge is -2.33. The van der Waals surface area contributed by atoms with Crippen LogP contribution >= 0.6 is 0 Å². The molecule has 0 atom stereocenters. The number of hydrogen-bond acceptors (Lipinski definition) is 6. The summed E-state index contributed by atoms with van der Waals surface area (Å²) in [5.41, 5.74) is 0.286. The summed E-state index contributed by atoms with van der Waals surface area (Å²) < 4.78 is 10.6. The molecular formula is C21H24N2O6. The van der Waals surface area contributed by atoms with Crippen LogP contribution in [-0.4, -0.2) is 45.1 Å². The Morgan fingerprint density at radius 3 is 2.34 bits per heavy atom. The number of carbonyl (C=O) groups is 3. The van der Waals surface area contributed by atoms with Crippen molar-refractivity contribution in [3.8, 4) is 5.75 Å². The number of esters is 1. The van der Waals surface area contributed by atoms with Crippen molar-refractivity contribution in [1.29, 1.82) is 0 Å². The van der Waals surface area contributed by atoms with Crippen molar-refractivity contribution in [2.75, 3.05) is 6.54 Å². The Bertz CT molecular complexity index is 890. The number of amides is 1. The quantitative estimate of drug-likeness (QED) is 0.741. The van der Waals surface area contributed by atoms with Gasteiger partial charge < -0.3 is 14.6 Å². The predicted molar refractivity (Wildman–Crippen MR) is 105 cm³/mol. The van der Waals surface area contributed by atoms with Crippen LogP contribution in [-0.2, 0) is 16.1 Å². The second-order valence-corrected chi connectivity index (χ2v) is 7.39. The molecule has 154 valence electrons. The van der Waals surface area contributed by atoms with Gasteiger partial charge in [0.05, 0.1) is 11.8 Å². The molecule has 0 saturated heterocycles. The summed E-state index contributed by atoms with van der Waals surface area (Å²) >= 11 is 0. The van der Waals surface area contributed by atoms with Crippen LogP contribution in [0.3, 0.4) is 0 Å². The molecule has 0 bridgehead atoms. The lowest BCUT2D eigenvalue weighted by molar-refractivity contribution is -0.146. The molecule has 2 rings (SSSR count). The monoisotopic (exact) mass is 400 g/mol. The van der Waals surface area contributed by atoms with Gasteiger partial charge in [-0.15, -0.1) is 0 Å². The number of carboxylic acid groups (broad SMARTS) is 1. The number of carboxylic acids is 1. The van der Waals surface area contributed by atoms with Gasteiger partial charge in [0, 0.05) is 17.3 Å². The van der Waals surface area contributed by atoms with E-state index in [0.29, 0.717) is 0 Å². The maximum Gasteiger partial charge on any atom is 0.416 e. The molecule has 29 heavy (non-hydrogen) atoms. The first-order chi connectivity index (χ1) is 13.6. The van der Waals surface area contributed by atoms with Gasteiger partial charge in [0.25, 0.3) is 0 Å². The average Bonchev–Trinajstić information content (AvgIpc) is 2.65. The number of pyridine rings is 1. The standard InChI is InChI=1S/C21H24N2O6/c1-14-16(19(25)26)10-22-11-17(14)29-20(27)23(21(2,3)4)12-18(24)28-13-15-8-6-5-7-9-15/h5-11H,12-13H2,1-4H3,(H,25,26). The van der Waals surface area contributed by atoms with Gasteiger partial charge >= 0.3 is 18.0 Å². The van der Waals surface area contributed by atoms with E-state index in [9.17, 15) is 19.5 Å². The minimum atomic E-state index is -1.18. The molecule has 0 aliphatic rings. The van der Waals surface area contributed by atoms with Gasteiger partial charge in [-0.3, -0.25) is 14.7 Å². The highest BCUT2D eigenvalue weighted by atomic mass is 16.6. The SMILES string of the molecule is Cc1c(OC(=O)N(CC(=O)OCc2ccccc2)C(C)(C)C)cncc1C(=O)O. The van der Waals surface area contributed by atoms with Crippen LogP contribution in [0.15, 0.2) is 42.7 Å². The average molecular weight is 400 g/mol. The highest BCUT2D eigenvalue weighted by Gasteiger charge is 2.31. The molecule has 8 nitrogen and oxygen atoms in total. The summed E-state index contributed by atoms with van der Waals surface area (Å²) in [4.78, 5) is 41.2. The molecule has 0 aliphatic carbocycles. The Kier molecular flexibility index (Phi) is 6.93. The van der Waals surface area contributed by atoms with Gasteiger partial charge in [-0.2, -0.15) is 0 Å². The Morgan fingerprint density at radius 2 is 1.76 bits per heavy atom. The van der Waals surface area contributed by atoms with E-state index < -0.39 is 23.6 Å². The summed E-state index contributed by atoms with van der Waals surface area (Å²) in [5.74, 6) is -1.75. The van der Waals surface area contributed by atoms with Crippen molar-refractivity contribution >= 4 is 18.0 Å². The number of ether oxygens (including phenoxy) is 2. The summed E-state index contributed by atoms with van der Waals surface area (Å²) in [6.07, 6.45) is 1.63. The molecule has 0 fully saturated rings. The molecule has 2 aromatic rings. The highest BCUT2D eigenvalue weighted by Crippen LogP contribution is 2.23. The van der Waals surface area contributed by atoms with Crippen molar-refractivity contribution in [3.63, 3.8) is 0 Å². The van der Waals surface area contributed by atoms with Gasteiger partial charge in [-0.1, -0.05) is 30.3 Å². The van der Waals surface area contributed by atoms with Crippen LogP contribution in [0.2, 0.25) is 0 Å². The van der Waals surface area contributed by atoms with Crippen LogP contribution in [0.4, 0.5) is 4.79 Å². The smallest absolute Gasteiger partial charge is 0.416 e. The van der Waals surface area contributed by atoms with Crippen molar-refractivity contribution in [2.45, 2.75) is 39.8 Å². The van der Waals surface area contributed by atoms with E-state index in [2.05, 4.69) is 4.98 Å². The van der Waals surface area contributed by atoms with E-state index in [1.54, 1.807) is 20.8 Å². The van der Waals surface area contributed by atoms with Crippen molar-refractivity contribution in [1.82, 2.24) is 9.88 Å². The second kappa shape index (κ2) is 9.18. The first-order valence-electron chi connectivity index (χ1n) is 8.96. The molecule has 8 heteroatoms. The molecule has 1 heterocycles. The van der Waals surface area contributed by atoms with Gasteiger partial charge in [0.15, 0.2) is 5.75 Å². The topological polar surface area (TPSA) is 106 Å². The number of carbonyl (C=O) groups excluding carboxylic acids is 2. The Labute approximate surface area is 169 Å². The second-order valence-electron chi connectivity index (χ2n) is 7.39. The van der Waals surface area contributed by atoms with Crippen LogP contribution in [0.5, 0.6) is 5.75 Å². The van der Waals surface area contributed by atoms with Crippen LogP contribution in [0, 0.1) is 6.92 Å². The predicted octanol–water partition coefficient (Wildman–Crippen LogP) is 3.43. The van der Waals surface area contributed by atoms with Crippen LogP contribution in [0.1, 0.15) is 42.3 Å². The zero-order chi connectivity index (χ0) is 21.6. The number of hydrogen-bond donors (Lipinski definition) is 1. The molecule has 1 aromatic heterocycles. The van der Waals surface area contributed by atoms with Crippen LogP contribution < -0.4 is 4.74 Å². The van der Waals surface area contributed by atoms with E-state index in [4.69, 9.17) is 9.47 Å². The molecule has 1 N–H and O–H groups in total. The number of aromatic carboxylic acids is 1. The number of nitrogens with zero attached hydrogens (tertiary/aromatic N) is 2. The van der Waals surface area contributed by atoms with E-state index in [-0.39, 0.29) is 30.0 Å². The zero-order valence-corrected chi connectivity index (χ0v) is 16.8. The Hall–Kier alpha value is -3.42. The molecular weight excluding hydrogens is 376 g/mol. The third-order valence-electron chi connectivity index (χ3n) is 4.16. The normalized spacial score (nSPS) is 10.9. The minimum Gasteiger partial charge on any atom is -0.478 e. The largest absolute Gasteiger partial charge is 0.478 e. The Balaban J connectivity index is 2.10.